The number of pyridine rings is 1. The maximum Gasteiger partial charge on any atom is 0.220 e. The van der Waals surface area contributed by atoms with Crippen molar-refractivity contribution < 1.29 is 4.79 Å². The molecular weight excluding hydrogens is 220 g/mol. The van der Waals surface area contributed by atoms with Gasteiger partial charge in [-0.3, -0.25) is 9.78 Å². The van der Waals surface area contributed by atoms with Crippen molar-refractivity contribution in [3.63, 3.8) is 0 Å². The van der Waals surface area contributed by atoms with Gasteiger partial charge in [0.25, 0.3) is 0 Å². The number of amides is 1. The van der Waals surface area contributed by atoms with Gasteiger partial charge >= 0.3 is 0 Å². The first kappa shape index (κ1) is 11.5. The predicted octanol–water partition coefficient (Wildman–Crippen LogP) is 1.80. The van der Waals surface area contributed by atoms with Crippen molar-refractivity contribution in [1.82, 2.24) is 10.3 Å². The Morgan fingerprint density at radius 2 is 2.38 bits per heavy atom. The van der Waals surface area contributed by atoms with Crippen LogP contribution in [-0.2, 0) is 11.3 Å². The number of rotatable bonds is 5. The lowest BCUT2D eigenvalue weighted by molar-refractivity contribution is -0.122. The van der Waals surface area contributed by atoms with Crippen LogP contribution in [0.2, 0.25) is 0 Å². The third-order valence-corrected chi connectivity index (χ3v) is 3.71. The minimum atomic E-state index is 0.121. The van der Waals surface area contributed by atoms with Crippen molar-refractivity contribution >= 4 is 18.5 Å². The maximum absolute atomic E-state index is 11.7. The summed E-state index contributed by atoms with van der Waals surface area (Å²) in [5, 5.41) is 2.92. The first-order chi connectivity index (χ1) is 7.74. The Kier molecular flexibility index (Phi) is 3.49. The molecule has 0 saturated heterocycles. The second-order valence-electron chi connectivity index (χ2n) is 4.47. The summed E-state index contributed by atoms with van der Waals surface area (Å²) in [6, 6.07) is 3.83. The third-order valence-electron chi connectivity index (χ3n) is 3.04. The van der Waals surface area contributed by atoms with E-state index in [1.165, 1.54) is 0 Å². The van der Waals surface area contributed by atoms with E-state index in [-0.39, 0.29) is 11.3 Å². The summed E-state index contributed by atoms with van der Waals surface area (Å²) in [6.07, 6.45) is 6.38. The molecule has 2 rings (SSSR count). The molecule has 3 nitrogen and oxygen atoms in total. The lowest BCUT2D eigenvalue weighted by Gasteiger charge is -2.11. The summed E-state index contributed by atoms with van der Waals surface area (Å²) in [7, 11) is 0. The molecule has 1 amide bonds. The summed E-state index contributed by atoms with van der Waals surface area (Å²) < 4.78 is 0. The molecule has 1 aromatic rings. The van der Waals surface area contributed by atoms with Crippen molar-refractivity contribution in [2.24, 2.45) is 5.41 Å². The Morgan fingerprint density at radius 3 is 2.94 bits per heavy atom. The average Bonchev–Trinajstić information content (AvgIpc) is 3.08. The van der Waals surface area contributed by atoms with Crippen LogP contribution in [0.1, 0.15) is 24.8 Å². The average molecular weight is 236 g/mol. The van der Waals surface area contributed by atoms with Crippen LogP contribution in [-0.4, -0.2) is 16.6 Å². The topological polar surface area (TPSA) is 42.0 Å². The van der Waals surface area contributed by atoms with Crippen molar-refractivity contribution in [2.75, 3.05) is 5.75 Å². The number of nitrogens with one attached hydrogen (secondary N) is 1. The number of carbonyl (C=O) groups excluding carboxylic acids is 1. The van der Waals surface area contributed by atoms with Crippen LogP contribution in [0, 0.1) is 5.41 Å². The number of carbonyl (C=O) groups is 1. The smallest absolute Gasteiger partial charge is 0.220 e. The maximum atomic E-state index is 11.7. The summed E-state index contributed by atoms with van der Waals surface area (Å²) in [6.45, 7) is 0.565. The molecule has 0 aliphatic heterocycles. The van der Waals surface area contributed by atoms with Crippen LogP contribution in [0.5, 0.6) is 0 Å². The molecule has 0 unspecified atom stereocenters. The predicted molar refractivity (Wildman–Crippen MR) is 66.2 cm³/mol. The zero-order valence-corrected chi connectivity index (χ0v) is 10.0. The van der Waals surface area contributed by atoms with Crippen LogP contribution >= 0.6 is 12.6 Å². The van der Waals surface area contributed by atoms with E-state index >= 15 is 0 Å². The van der Waals surface area contributed by atoms with Gasteiger partial charge < -0.3 is 5.32 Å². The fraction of sp³-hybridized carbons (Fsp3) is 0.500. The molecule has 0 bridgehead atoms. The number of hydrogen-bond acceptors (Lipinski definition) is 3. The number of thiol groups is 1. The molecule has 1 aromatic heterocycles. The Bertz CT molecular complexity index is 363. The van der Waals surface area contributed by atoms with E-state index in [4.69, 9.17) is 0 Å². The fourth-order valence-corrected chi connectivity index (χ4v) is 2.10. The molecule has 16 heavy (non-hydrogen) atoms. The standard InChI is InChI=1S/C12H16N2OS/c15-11(6-12(9-16)3-4-12)14-8-10-2-1-5-13-7-10/h1-2,5,7,16H,3-4,6,8-9H2,(H,14,15). The van der Waals surface area contributed by atoms with Crippen LogP contribution < -0.4 is 5.32 Å². The minimum Gasteiger partial charge on any atom is -0.352 e. The molecule has 1 heterocycles. The van der Waals surface area contributed by atoms with E-state index in [1.54, 1.807) is 12.4 Å². The molecule has 1 aliphatic rings. The number of aromatic nitrogens is 1. The summed E-state index contributed by atoms with van der Waals surface area (Å²) in [4.78, 5) is 15.7. The van der Waals surface area contributed by atoms with E-state index in [1.807, 2.05) is 12.1 Å². The quantitative estimate of drug-likeness (QED) is 0.765. The van der Waals surface area contributed by atoms with E-state index in [9.17, 15) is 4.79 Å². The van der Waals surface area contributed by atoms with E-state index in [2.05, 4.69) is 22.9 Å². The molecule has 0 radical (unpaired) electrons. The molecule has 1 aliphatic carbocycles. The van der Waals surface area contributed by atoms with E-state index in [0.717, 1.165) is 24.2 Å². The number of hydrogen-bond donors (Lipinski definition) is 2. The van der Waals surface area contributed by atoms with Crippen molar-refractivity contribution in [3.05, 3.63) is 30.1 Å². The highest BCUT2D eigenvalue weighted by atomic mass is 32.1. The molecule has 4 heteroatoms. The van der Waals surface area contributed by atoms with Gasteiger partial charge in [-0.1, -0.05) is 6.07 Å². The molecule has 1 saturated carbocycles. The minimum absolute atomic E-state index is 0.121. The van der Waals surface area contributed by atoms with Gasteiger partial charge in [0.2, 0.25) is 5.91 Å². The summed E-state index contributed by atoms with van der Waals surface area (Å²) >= 11 is 4.29. The first-order valence-corrected chi connectivity index (χ1v) is 6.14. The fourth-order valence-electron chi connectivity index (χ4n) is 1.67. The van der Waals surface area contributed by atoms with Gasteiger partial charge in [0.05, 0.1) is 0 Å². The van der Waals surface area contributed by atoms with Gasteiger partial charge in [0, 0.05) is 25.4 Å². The van der Waals surface area contributed by atoms with Gasteiger partial charge in [-0.05, 0) is 35.6 Å². The number of nitrogens with zero attached hydrogens (tertiary/aromatic N) is 1. The van der Waals surface area contributed by atoms with Gasteiger partial charge in [0.15, 0.2) is 0 Å². The van der Waals surface area contributed by atoms with Crippen molar-refractivity contribution in [1.29, 1.82) is 0 Å². The van der Waals surface area contributed by atoms with Gasteiger partial charge in [-0.2, -0.15) is 12.6 Å². The highest BCUT2D eigenvalue weighted by Gasteiger charge is 2.42. The Balaban J connectivity index is 1.76. The third kappa shape index (κ3) is 2.98. The Morgan fingerprint density at radius 1 is 1.56 bits per heavy atom. The van der Waals surface area contributed by atoms with Crippen molar-refractivity contribution in [2.45, 2.75) is 25.8 Å². The first-order valence-electron chi connectivity index (χ1n) is 5.51. The highest BCUT2D eigenvalue weighted by molar-refractivity contribution is 7.80. The van der Waals surface area contributed by atoms with Crippen LogP contribution in [0.3, 0.4) is 0 Å². The molecule has 1 fully saturated rings. The zero-order chi connectivity index (χ0) is 11.4. The Labute approximate surface area is 101 Å². The van der Waals surface area contributed by atoms with Crippen LogP contribution in [0.4, 0.5) is 0 Å². The zero-order valence-electron chi connectivity index (χ0n) is 9.15. The summed E-state index contributed by atoms with van der Waals surface area (Å²) in [5.41, 5.74) is 1.23. The molecule has 1 N–H and O–H groups in total. The molecule has 86 valence electrons. The van der Waals surface area contributed by atoms with E-state index in [0.29, 0.717) is 13.0 Å². The summed E-state index contributed by atoms with van der Waals surface area (Å²) in [5.74, 6) is 0.934. The van der Waals surface area contributed by atoms with Gasteiger partial charge in [-0.25, -0.2) is 0 Å². The second kappa shape index (κ2) is 4.87. The van der Waals surface area contributed by atoms with Crippen LogP contribution in [0.25, 0.3) is 0 Å². The molecule has 0 atom stereocenters. The highest BCUT2D eigenvalue weighted by Crippen LogP contribution is 2.49. The lowest BCUT2D eigenvalue weighted by atomic mass is 10.1. The largest absolute Gasteiger partial charge is 0.352 e. The molecule has 0 aromatic carbocycles. The normalized spacial score (nSPS) is 16.8. The molecule has 0 spiro atoms. The molecular formula is C12H16N2OS. The van der Waals surface area contributed by atoms with Gasteiger partial charge in [0.1, 0.15) is 0 Å². The van der Waals surface area contributed by atoms with E-state index < -0.39 is 0 Å². The second-order valence-corrected chi connectivity index (χ2v) is 4.79. The SMILES string of the molecule is O=C(CC1(CS)CC1)NCc1cccnc1. The van der Waals surface area contributed by atoms with Gasteiger partial charge in [-0.15, -0.1) is 0 Å². The van der Waals surface area contributed by atoms with Crippen molar-refractivity contribution in [3.8, 4) is 0 Å². The monoisotopic (exact) mass is 236 g/mol. The lowest BCUT2D eigenvalue weighted by Crippen LogP contribution is -2.26. The Hall–Kier alpha value is -1.03. The van der Waals surface area contributed by atoms with Crippen LogP contribution in [0.15, 0.2) is 24.5 Å².